The van der Waals surface area contributed by atoms with Gasteiger partial charge in [0.15, 0.2) is 0 Å². The highest BCUT2D eigenvalue weighted by Gasteiger charge is 2.42. The van der Waals surface area contributed by atoms with Crippen molar-refractivity contribution in [3.63, 3.8) is 0 Å². The van der Waals surface area contributed by atoms with Gasteiger partial charge in [0.1, 0.15) is 5.82 Å². The molecule has 0 bridgehead atoms. The van der Waals surface area contributed by atoms with E-state index in [1.54, 1.807) is 19.1 Å². The summed E-state index contributed by atoms with van der Waals surface area (Å²) >= 11 is 0. The first-order chi connectivity index (χ1) is 9.29. The smallest absolute Gasteiger partial charge is 0.388 e. The van der Waals surface area contributed by atoms with Crippen molar-refractivity contribution in [3.8, 4) is 0 Å². The average molecular weight is 290 g/mol. The molecule has 1 N–H and O–H groups in total. The number of hydrogen-bond acceptors (Lipinski definition) is 1. The van der Waals surface area contributed by atoms with Gasteiger partial charge in [0.05, 0.1) is 12.0 Å². The van der Waals surface area contributed by atoms with Crippen LogP contribution >= 0.6 is 0 Å². The maximum absolute atomic E-state index is 13.7. The van der Waals surface area contributed by atoms with Crippen LogP contribution in [0.3, 0.4) is 0 Å². The minimum atomic E-state index is -4.16. The molecule has 1 unspecified atom stereocenters. The Morgan fingerprint density at radius 3 is 2.30 bits per heavy atom. The number of aliphatic hydroxyl groups is 1. The van der Waals surface area contributed by atoms with Crippen LogP contribution in [0.4, 0.5) is 17.6 Å². The van der Waals surface area contributed by atoms with Crippen LogP contribution in [0.25, 0.3) is 0 Å². The maximum Gasteiger partial charge on any atom is 0.391 e. The van der Waals surface area contributed by atoms with Crippen molar-refractivity contribution in [2.45, 2.75) is 44.9 Å². The first-order valence-electron chi connectivity index (χ1n) is 6.80. The first kappa shape index (κ1) is 15.3. The molecule has 20 heavy (non-hydrogen) atoms. The Morgan fingerprint density at radius 1 is 1.15 bits per heavy atom. The molecule has 0 radical (unpaired) electrons. The molecule has 1 fully saturated rings. The lowest BCUT2D eigenvalue weighted by molar-refractivity contribution is -0.185. The molecular formula is C15H18F4O. The topological polar surface area (TPSA) is 20.2 Å². The van der Waals surface area contributed by atoms with Gasteiger partial charge in [-0.15, -0.1) is 0 Å². The number of aryl methyl sites for hydroxylation is 1. The summed E-state index contributed by atoms with van der Waals surface area (Å²) in [6.45, 7) is 1.79. The van der Waals surface area contributed by atoms with E-state index in [1.807, 2.05) is 0 Å². The molecule has 0 heterocycles. The third kappa shape index (κ3) is 3.32. The third-order valence-electron chi connectivity index (χ3n) is 4.15. The number of hydrogen-bond donors (Lipinski definition) is 1. The van der Waals surface area contributed by atoms with Gasteiger partial charge in [-0.2, -0.15) is 13.2 Å². The predicted molar refractivity (Wildman–Crippen MR) is 67.6 cm³/mol. The van der Waals surface area contributed by atoms with Crippen molar-refractivity contribution in [2.75, 3.05) is 0 Å². The summed E-state index contributed by atoms with van der Waals surface area (Å²) in [6, 6.07) is 4.46. The maximum atomic E-state index is 13.7. The van der Waals surface area contributed by atoms with Crippen molar-refractivity contribution >= 4 is 0 Å². The van der Waals surface area contributed by atoms with Gasteiger partial charge < -0.3 is 5.11 Å². The molecule has 0 saturated heterocycles. The van der Waals surface area contributed by atoms with Gasteiger partial charge in [-0.05, 0) is 44.6 Å². The molecule has 2 rings (SSSR count). The zero-order valence-electron chi connectivity index (χ0n) is 11.3. The predicted octanol–water partition coefficient (Wildman–Crippen LogP) is 4.54. The Bertz CT molecular complexity index is 461. The van der Waals surface area contributed by atoms with Gasteiger partial charge in [0.2, 0.25) is 0 Å². The molecule has 1 atom stereocenters. The highest BCUT2D eigenvalue weighted by Crippen LogP contribution is 2.43. The van der Waals surface area contributed by atoms with E-state index in [2.05, 4.69) is 0 Å². The van der Waals surface area contributed by atoms with Gasteiger partial charge in [-0.25, -0.2) is 4.39 Å². The van der Waals surface area contributed by atoms with Crippen LogP contribution in [0.2, 0.25) is 0 Å². The first-order valence-corrected chi connectivity index (χ1v) is 6.80. The molecule has 0 spiro atoms. The lowest BCUT2D eigenvalue weighted by atomic mass is 9.77. The molecule has 1 aromatic rings. The molecule has 1 nitrogen and oxygen atoms in total. The Kier molecular flexibility index (Phi) is 4.37. The molecule has 1 saturated carbocycles. The van der Waals surface area contributed by atoms with E-state index in [0.29, 0.717) is 0 Å². The van der Waals surface area contributed by atoms with E-state index in [1.165, 1.54) is 6.07 Å². The molecule has 0 amide bonds. The molecular weight excluding hydrogens is 272 g/mol. The number of aliphatic hydroxyl groups excluding tert-OH is 1. The summed E-state index contributed by atoms with van der Waals surface area (Å²) in [7, 11) is 0. The Hall–Kier alpha value is -1.10. The zero-order chi connectivity index (χ0) is 14.9. The molecule has 5 heteroatoms. The van der Waals surface area contributed by atoms with Crippen molar-refractivity contribution in [2.24, 2.45) is 11.8 Å². The van der Waals surface area contributed by atoms with Gasteiger partial charge in [0, 0.05) is 5.56 Å². The third-order valence-corrected chi connectivity index (χ3v) is 4.15. The van der Waals surface area contributed by atoms with E-state index in [4.69, 9.17) is 0 Å². The molecule has 112 valence electrons. The van der Waals surface area contributed by atoms with Crippen molar-refractivity contribution in [3.05, 3.63) is 35.1 Å². The van der Waals surface area contributed by atoms with Crippen molar-refractivity contribution in [1.82, 2.24) is 0 Å². The van der Waals surface area contributed by atoms with Gasteiger partial charge >= 0.3 is 6.18 Å². The number of alkyl halides is 3. The second kappa shape index (κ2) is 5.72. The van der Waals surface area contributed by atoms with Gasteiger partial charge in [-0.1, -0.05) is 17.7 Å². The molecule has 1 aromatic carbocycles. The SMILES string of the molecule is Cc1ccc(F)c(C(O)C2CCC(C(F)(F)F)CC2)c1. The minimum Gasteiger partial charge on any atom is -0.388 e. The monoisotopic (exact) mass is 290 g/mol. The van der Waals surface area contributed by atoms with Crippen LogP contribution in [-0.4, -0.2) is 11.3 Å². The number of benzene rings is 1. The van der Waals surface area contributed by atoms with Crippen molar-refractivity contribution in [1.29, 1.82) is 0 Å². The summed E-state index contributed by atoms with van der Waals surface area (Å²) in [5.74, 6) is -2.08. The molecule has 0 aromatic heterocycles. The summed E-state index contributed by atoms with van der Waals surface area (Å²) < 4.78 is 51.5. The van der Waals surface area contributed by atoms with E-state index in [9.17, 15) is 22.7 Å². The standard InChI is InChI=1S/C15H18F4O/c1-9-2-7-13(16)12(8-9)14(20)10-3-5-11(6-4-10)15(17,18)19/h2,7-8,10-11,14,20H,3-6H2,1H3. The molecule has 0 aliphatic heterocycles. The van der Waals surface area contributed by atoms with Crippen LogP contribution in [0.1, 0.15) is 42.9 Å². The van der Waals surface area contributed by atoms with Crippen LogP contribution in [-0.2, 0) is 0 Å². The summed E-state index contributed by atoms with van der Waals surface area (Å²) in [5.41, 5.74) is 1.02. The van der Waals surface area contributed by atoms with E-state index >= 15 is 0 Å². The van der Waals surface area contributed by atoms with Crippen LogP contribution < -0.4 is 0 Å². The van der Waals surface area contributed by atoms with Crippen LogP contribution in [0.15, 0.2) is 18.2 Å². The van der Waals surface area contributed by atoms with E-state index < -0.39 is 24.0 Å². The lowest BCUT2D eigenvalue weighted by Gasteiger charge is -2.32. The van der Waals surface area contributed by atoms with Gasteiger partial charge in [-0.3, -0.25) is 0 Å². The summed E-state index contributed by atoms with van der Waals surface area (Å²) in [5, 5.41) is 10.2. The highest BCUT2D eigenvalue weighted by atomic mass is 19.4. The second-order valence-electron chi connectivity index (χ2n) is 5.62. The number of rotatable bonds is 2. The van der Waals surface area contributed by atoms with Crippen LogP contribution in [0, 0.1) is 24.6 Å². The quantitative estimate of drug-likeness (QED) is 0.793. The van der Waals surface area contributed by atoms with E-state index in [-0.39, 0.29) is 37.2 Å². The minimum absolute atomic E-state index is 0.0126. The Labute approximate surface area is 115 Å². The molecule has 1 aliphatic carbocycles. The zero-order valence-corrected chi connectivity index (χ0v) is 11.3. The fraction of sp³-hybridized carbons (Fsp3) is 0.600. The molecule has 1 aliphatic rings. The highest BCUT2D eigenvalue weighted by molar-refractivity contribution is 5.26. The van der Waals surface area contributed by atoms with E-state index in [0.717, 1.165) is 5.56 Å². The fourth-order valence-electron chi connectivity index (χ4n) is 2.91. The summed E-state index contributed by atoms with van der Waals surface area (Å²) in [6.07, 6.45) is -4.61. The lowest BCUT2D eigenvalue weighted by Crippen LogP contribution is -2.29. The normalized spacial score (nSPS) is 25.5. The average Bonchev–Trinajstić information content (AvgIpc) is 2.40. The van der Waals surface area contributed by atoms with Gasteiger partial charge in [0.25, 0.3) is 0 Å². The van der Waals surface area contributed by atoms with Crippen LogP contribution in [0.5, 0.6) is 0 Å². The fourth-order valence-corrected chi connectivity index (χ4v) is 2.91. The summed E-state index contributed by atoms with van der Waals surface area (Å²) in [4.78, 5) is 0. The van der Waals surface area contributed by atoms with Crippen molar-refractivity contribution < 1.29 is 22.7 Å². The Morgan fingerprint density at radius 2 is 1.75 bits per heavy atom. The largest absolute Gasteiger partial charge is 0.391 e. The Balaban J connectivity index is 2.05. The second-order valence-corrected chi connectivity index (χ2v) is 5.62. The number of halogens is 4.